The molecule has 0 unspecified atom stereocenters. The molecule has 5 rings (SSSR count). The quantitative estimate of drug-likeness (QED) is 0.0966. The SMILES string of the molecule is CC(C)(C#Cc1ccc(CC(=O)CSc2nnnn2-c2ccc(C3CC3)cc2Cl)c(Cl)c1)OCCCc1ccncc1. The Balaban J connectivity index is 1.12. The van der Waals surface area contributed by atoms with Gasteiger partial charge < -0.3 is 4.74 Å². The van der Waals surface area contributed by atoms with Crippen molar-refractivity contribution in [2.75, 3.05) is 12.4 Å². The minimum absolute atomic E-state index is 0.00626. The van der Waals surface area contributed by atoms with Gasteiger partial charge in [0.1, 0.15) is 11.4 Å². The molecule has 1 saturated carbocycles. The number of Topliss-reactive ketones (excluding diaryl/α,β-unsaturated/α-hetero) is 1. The van der Waals surface area contributed by atoms with Gasteiger partial charge in [-0.15, -0.1) is 5.10 Å². The Morgan fingerprint density at radius 2 is 1.90 bits per heavy atom. The van der Waals surface area contributed by atoms with Crippen molar-refractivity contribution in [3.05, 3.63) is 93.2 Å². The number of hydrogen-bond donors (Lipinski definition) is 0. The van der Waals surface area contributed by atoms with E-state index in [9.17, 15) is 4.79 Å². The molecule has 0 spiro atoms. The number of benzene rings is 2. The molecule has 1 aliphatic rings. The van der Waals surface area contributed by atoms with E-state index in [0.29, 0.717) is 33.4 Å². The number of ether oxygens (including phenoxy) is 1. The van der Waals surface area contributed by atoms with Crippen LogP contribution in [0, 0.1) is 11.8 Å². The molecular formula is C32H31Cl2N5O2S. The first-order chi connectivity index (χ1) is 20.3. The summed E-state index contributed by atoms with van der Waals surface area (Å²) in [6.45, 7) is 4.51. The van der Waals surface area contributed by atoms with Crippen LogP contribution in [0.1, 0.15) is 61.3 Å². The summed E-state index contributed by atoms with van der Waals surface area (Å²) in [7, 11) is 0. The lowest BCUT2D eigenvalue weighted by atomic mass is 10.1. The molecule has 2 aromatic heterocycles. The summed E-state index contributed by atoms with van der Waals surface area (Å²) in [5.41, 5.74) is 4.08. The van der Waals surface area contributed by atoms with Crippen molar-refractivity contribution in [2.24, 2.45) is 0 Å². The Morgan fingerprint density at radius 1 is 1.10 bits per heavy atom. The van der Waals surface area contributed by atoms with Gasteiger partial charge in [-0.05, 0) is 109 Å². The van der Waals surface area contributed by atoms with E-state index in [4.69, 9.17) is 27.9 Å². The van der Waals surface area contributed by atoms with Crippen LogP contribution in [-0.4, -0.2) is 48.9 Å². The van der Waals surface area contributed by atoms with Crippen molar-refractivity contribution in [1.29, 1.82) is 0 Å². The minimum atomic E-state index is -0.602. The lowest BCUT2D eigenvalue weighted by molar-refractivity contribution is -0.116. The van der Waals surface area contributed by atoms with E-state index in [0.717, 1.165) is 24.0 Å². The summed E-state index contributed by atoms with van der Waals surface area (Å²) in [5.74, 6) is 7.15. The molecule has 10 heteroatoms. The Bertz CT molecular complexity index is 1610. The number of pyridine rings is 1. The largest absolute Gasteiger partial charge is 0.363 e. The molecular weight excluding hydrogens is 589 g/mol. The van der Waals surface area contributed by atoms with E-state index in [1.807, 2.05) is 50.2 Å². The van der Waals surface area contributed by atoms with Gasteiger partial charge in [-0.3, -0.25) is 9.78 Å². The Morgan fingerprint density at radius 3 is 2.64 bits per heavy atom. The molecule has 0 atom stereocenters. The van der Waals surface area contributed by atoms with Gasteiger partial charge in [0.05, 0.1) is 16.5 Å². The van der Waals surface area contributed by atoms with Crippen molar-refractivity contribution >= 4 is 40.7 Å². The lowest BCUT2D eigenvalue weighted by Gasteiger charge is -2.18. The van der Waals surface area contributed by atoms with Gasteiger partial charge in [0.2, 0.25) is 5.16 Å². The number of tetrazole rings is 1. The highest BCUT2D eigenvalue weighted by Gasteiger charge is 2.24. The topological polar surface area (TPSA) is 82.8 Å². The Hall–Kier alpha value is -3.22. The third-order valence-electron chi connectivity index (χ3n) is 6.82. The molecule has 4 aromatic rings. The van der Waals surface area contributed by atoms with Crippen LogP contribution < -0.4 is 0 Å². The zero-order valence-corrected chi connectivity index (χ0v) is 25.8. The monoisotopic (exact) mass is 619 g/mol. The van der Waals surface area contributed by atoms with E-state index >= 15 is 0 Å². The van der Waals surface area contributed by atoms with Gasteiger partial charge in [-0.2, -0.15) is 4.68 Å². The van der Waals surface area contributed by atoms with Crippen molar-refractivity contribution in [3.63, 3.8) is 0 Å². The highest BCUT2D eigenvalue weighted by atomic mass is 35.5. The maximum absolute atomic E-state index is 12.8. The average molecular weight is 621 g/mol. The second kappa shape index (κ2) is 13.8. The van der Waals surface area contributed by atoms with Gasteiger partial charge in [-0.1, -0.05) is 58.9 Å². The van der Waals surface area contributed by atoms with Crippen molar-refractivity contribution in [2.45, 2.75) is 62.6 Å². The molecule has 1 aliphatic carbocycles. The van der Waals surface area contributed by atoms with Crippen LogP contribution in [0.15, 0.2) is 66.1 Å². The van der Waals surface area contributed by atoms with Crippen LogP contribution in [-0.2, 0) is 22.4 Å². The van der Waals surface area contributed by atoms with Crippen LogP contribution in [0.2, 0.25) is 10.0 Å². The van der Waals surface area contributed by atoms with Gasteiger partial charge in [0.25, 0.3) is 0 Å². The predicted molar refractivity (Wildman–Crippen MR) is 166 cm³/mol. The van der Waals surface area contributed by atoms with Gasteiger partial charge >= 0.3 is 0 Å². The minimum Gasteiger partial charge on any atom is -0.363 e. The number of aryl methyl sites for hydroxylation is 1. The molecule has 7 nitrogen and oxygen atoms in total. The number of rotatable bonds is 12. The molecule has 0 radical (unpaired) electrons. The van der Waals surface area contributed by atoms with Crippen molar-refractivity contribution in [3.8, 4) is 17.5 Å². The maximum atomic E-state index is 12.8. The highest BCUT2D eigenvalue weighted by molar-refractivity contribution is 7.99. The summed E-state index contributed by atoms with van der Waals surface area (Å²) in [5, 5.41) is 13.6. The summed E-state index contributed by atoms with van der Waals surface area (Å²) < 4.78 is 7.58. The van der Waals surface area contributed by atoms with Crippen LogP contribution in [0.3, 0.4) is 0 Å². The Kier molecular flexibility index (Phi) is 9.96. The van der Waals surface area contributed by atoms with Crippen LogP contribution in [0.5, 0.6) is 0 Å². The fraction of sp³-hybridized carbons (Fsp3) is 0.344. The average Bonchev–Trinajstić information content (AvgIpc) is 3.73. The second-order valence-corrected chi connectivity index (χ2v) is 12.5. The number of halogens is 2. The summed E-state index contributed by atoms with van der Waals surface area (Å²) in [6, 6.07) is 15.5. The number of nitrogens with zero attached hydrogens (tertiary/aromatic N) is 5. The van der Waals surface area contributed by atoms with Crippen LogP contribution in [0.25, 0.3) is 5.69 Å². The molecule has 0 saturated heterocycles. The van der Waals surface area contributed by atoms with Gasteiger partial charge in [-0.25, -0.2) is 0 Å². The summed E-state index contributed by atoms with van der Waals surface area (Å²) in [6.07, 6.45) is 8.03. The van der Waals surface area contributed by atoms with E-state index in [2.05, 4.69) is 38.4 Å². The number of carbonyl (C=O) groups is 1. The van der Waals surface area contributed by atoms with E-state index in [-0.39, 0.29) is 18.0 Å². The third-order valence-corrected chi connectivity index (χ3v) is 8.46. The number of carbonyl (C=O) groups excluding carboxylic acids is 1. The van der Waals surface area contributed by atoms with Gasteiger partial charge in [0, 0.05) is 36.0 Å². The normalized spacial score (nSPS) is 13.0. The van der Waals surface area contributed by atoms with Crippen LogP contribution in [0.4, 0.5) is 0 Å². The first-order valence-corrected chi connectivity index (χ1v) is 15.6. The summed E-state index contributed by atoms with van der Waals surface area (Å²) >= 11 is 14.3. The van der Waals surface area contributed by atoms with E-state index in [1.54, 1.807) is 23.1 Å². The third kappa shape index (κ3) is 8.42. The molecule has 0 bridgehead atoms. The van der Waals surface area contributed by atoms with Crippen LogP contribution >= 0.6 is 35.0 Å². The zero-order chi connectivity index (χ0) is 29.5. The first-order valence-electron chi connectivity index (χ1n) is 13.8. The molecule has 0 N–H and O–H groups in total. The first kappa shape index (κ1) is 30.2. The van der Waals surface area contributed by atoms with E-state index in [1.165, 1.54) is 35.7 Å². The molecule has 216 valence electrons. The maximum Gasteiger partial charge on any atom is 0.214 e. The summed E-state index contributed by atoms with van der Waals surface area (Å²) in [4.78, 5) is 16.9. The number of ketones is 1. The van der Waals surface area contributed by atoms with Crippen molar-refractivity contribution in [1.82, 2.24) is 25.2 Å². The number of hydrogen-bond acceptors (Lipinski definition) is 7. The highest BCUT2D eigenvalue weighted by Crippen LogP contribution is 2.41. The van der Waals surface area contributed by atoms with E-state index < -0.39 is 5.60 Å². The number of thioether (sulfide) groups is 1. The smallest absolute Gasteiger partial charge is 0.214 e. The Labute approximate surface area is 260 Å². The molecule has 0 amide bonds. The molecule has 2 aromatic carbocycles. The molecule has 0 aliphatic heterocycles. The zero-order valence-electron chi connectivity index (χ0n) is 23.5. The standard InChI is InChI=1S/C32H31Cl2N5O2S/c1-32(2,41-17-3-4-22-12-15-35-16-13-22)14-11-23-5-6-26(28(33)18-23)19-27(40)21-42-31-36-37-38-39(31)30-10-9-25(20-29(30)34)24-7-8-24/h5-6,9-10,12-13,15-16,18,20,24H,3-4,7-8,17,19,21H2,1-2H3. The lowest BCUT2D eigenvalue weighted by Crippen LogP contribution is -2.22. The fourth-order valence-corrected chi connectivity index (χ4v) is 5.63. The molecule has 1 fully saturated rings. The predicted octanol–water partition coefficient (Wildman–Crippen LogP) is 6.92. The molecule has 2 heterocycles. The fourth-order valence-electron chi connectivity index (χ4n) is 4.37. The van der Waals surface area contributed by atoms with Gasteiger partial charge in [0.15, 0.2) is 0 Å². The number of aromatic nitrogens is 5. The molecule has 42 heavy (non-hydrogen) atoms. The second-order valence-electron chi connectivity index (χ2n) is 10.7. The van der Waals surface area contributed by atoms with Crippen molar-refractivity contribution < 1.29 is 9.53 Å².